The van der Waals surface area contributed by atoms with E-state index in [9.17, 15) is 9.59 Å². The molecule has 0 unspecified atom stereocenters. The molecule has 43 heavy (non-hydrogen) atoms. The molecule has 0 fully saturated rings. The van der Waals surface area contributed by atoms with E-state index >= 15 is 0 Å². The highest BCUT2D eigenvalue weighted by molar-refractivity contribution is 5.99. The molecule has 0 saturated carbocycles. The highest BCUT2D eigenvalue weighted by Crippen LogP contribution is 2.34. The molecule has 1 N–H and O–H groups in total. The lowest BCUT2D eigenvalue weighted by Crippen LogP contribution is -2.37. The number of aromatic nitrogens is 2. The number of anilines is 1. The minimum Gasteiger partial charge on any atom is -0.493 e. The predicted molar refractivity (Wildman–Crippen MR) is 157 cm³/mol. The molecule has 0 saturated heterocycles. The highest BCUT2D eigenvalue weighted by atomic mass is 16.7. The Morgan fingerprint density at radius 3 is 2.51 bits per heavy atom. The predicted octanol–water partition coefficient (Wildman–Crippen LogP) is 5.16. The minimum absolute atomic E-state index is 0.0765. The van der Waals surface area contributed by atoms with Crippen LogP contribution >= 0.6 is 0 Å². The second-order valence-corrected chi connectivity index (χ2v) is 9.58. The summed E-state index contributed by atoms with van der Waals surface area (Å²) in [7, 11) is 3.12. The van der Waals surface area contributed by atoms with E-state index in [0.717, 1.165) is 5.56 Å². The van der Waals surface area contributed by atoms with Crippen LogP contribution in [0.3, 0.4) is 0 Å². The topological polar surface area (TPSA) is 117 Å². The van der Waals surface area contributed by atoms with Crippen LogP contribution in [0.1, 0.15) is 16.1 Å². The van der Waals surface area contributed by atoms with Crippen molar-refractivity contribution in [2.45, 2.75) is 6.54 Å². The van der Waals surface area contributed by atoms with Gasteiger partial charge in [-0.3, -0.25) is 19.5 Å². The number of nitrogens with one attached hydrogen (secondary N) is 1. The first-order valence-electron chi connectivity index (χ1n) is 13.4. The number of fused-ring (bicyclic) bond motifs is 1. The minimum atomic E-state index is -0.451. The number of hydrogen-bond acceptors (Lipinski definition) is 8. The first-order valence-corrected chi connectivity index (χ1v) is 13.4. The Balaban J connectivity index is 1.30. The second-order valence-electron chi connectivity index (χ2n) is 9.58. The van der Waals surface area contributed by atoms with Gasteiger partial charge in [-0.15, -0.1) is 0 Å². The molecule has 0 atom stereocenters. The first kappa shape index (κ1) is 27.5. The average molecular weight is 581 g/mol. The fraction of sp³-hybridized carbons (Fsp3) is 0.156. The fourth-order valence-corrected chi connectivity index (χ4v) is 4.73. The molecule has 1 aliphatic rings. The van der Waals surface area contributed by atoms with E-state index in [2.05, 4.69) is 5.32 Å². The molecular weight excluding hydrogens is 552 g/mol. The number of imidazole rings is 1. The van der Waals surface area contributed by atoms with Crippen molar-refractivity contribution in [1.29, 1.82) is 0 Å². The summed E-state index contributed by atoms with van der Waals surface area (Å²) in [5.41, 5.74) is 2.55. The third-order valence-corrected chi connectivity index (χ3v) is 6.84. The zero-order valence-corrected chi connectivity index (χ0v) is 23.5. The van der Waals surface area contributed by atoms with Gasteiger partial charge in [0.2, 0.25) is 18.6 Å². The molecule has 1 aliphatic heterocycles. The standard InChI is InChI=1S/C32H28N4O7/c1-39-26-13-11-23(16-28(26)40-2)36-18-25(21-7-4-3-5-8-21)33-32(36)34-30(37)19-35(17-24-9-6-14-41-24)31(38)22-10-12-27-29(15-22)43-20-42-27/h3-16,18H,17,19-20H2,1-2H3,(H,33,34,37). The van der Waals surface area contributed by atoms with Gasteiger partial charge in [-0.25, -0.2) is 4.98 Å². The Hall–Kier alpha value is -5.71. The van der Waals surface area contributed by atoms with E-state index in [0.29, 0.717) is 45.7 Å². The molecule has 0 bridgehead atoms. The normalized spacial score (nSPS) is 11.7. The SMILES string of the molecule is COc1ccc(-n2cc(-c3ccccc3)nc2NC(=O)CN(Cc2ccco2)C(=O)c2ccc3c(c2)OCO3)cc1OC. The summed E-state index contributed by atoms with van der Waals surface area (Å²) < 4.78 is 28.9. The number of carbonyl (C=O) groups is 2. The van der Waals surface area contributed by atoms with Gasteiger partial charge in [0.1, 0.15) is 12.3 Å². The number of hydrogen-bond donors (Lipinski definition) is 1. The molecule has 0 spiro atoms. The maximum atomic E-state index is 13.6. The number of benzene rings is 3. The number of carbonyl (C=O) groups excluding carboxylic acids is 2. The molecule has 2 amide bonds. The van der Waals surface area contributed by atoms with Crippen molar-refractivity contribution < 1.29 is 33.0 Å². The number of methoxy groups -OCH3 is 2. The third-order valence-electron chi connectivity index (χ3n) is 6.84. The summed E-state index contributed by atoms with van der Waals surface area (Å²) in [6, 6.07) is 23.4. The molecule has 0 aliphatic carbocycles. The second kappa shape index (κ2) is 12.0. The summed E-state index contributed by atoms with van der Waals surface area (Å²) in [5, 5.41) is 2.90. The molecule has 11 heteroatoms. The lowest BCUT2D eigenvalue weighted by atomic mass is 10.1. The number of nitrogens with zero attached hydrogens (tertiary/aromatic N) is 3. The number of amides is 2. The summed E-state index contributed by atoms with van der Waals surface area (Å²) in [6.45, 7) is -0.107. The van der Waals surface area contributed by atoms with Crippen molar-refractivity contribution in [2.24, 2.45) is 0 Å². The molecule has 3 aromatic carbocycles. The van der Waals surface area contributed by atoms with Crippen LogP contribution in [0, 0.1) is 0 Å². The van der Waals surface area contributed by atoms with Gasteiger partial charge >= 0.3 is 0 Å². The Bertz CT molecular complexity index is 1750. The molecule has 2 aromatic heterocycles. The van der Waals surface area contributed by atoms with Gasteiger partial charge in [-0.05, 0) is 42.5 Å². The molecular formula is C32H28N4O7. The van der Waals surface area contributed by atoms with Crippen LogP contribution in [-0.2, 0) is 11.3 Å². The largest absolute Gasteiger partial charge is 0.493 e. The molecule has 6 rings (SSSR count). The van der Waals surface area contributed by atoms with Crippen LogP contribution in [0.4, 0.5) is 5.95 Å². The van der Waals surface area contributed by atoms with Crippen molar-refractivity contribution in [3.05, 3.63) is 103 Å². The number of ether oxygens (including phenoxy) is 4. The van der Waals surface area contributed by atoms with Crippen LogP contribution in [-0.4, -0.2) is 53.8 Å². The van der Waals surface area contributed by atoms with E-state index in [1.807, 2.05) is 42.6 Å². The van der Waals surface area contributed by atoms with Crippen molar-refractivity contribution in [3.63, 3.8) is 0 Å². The van der Waals surface area contributed by atoms with Crippen molar-refractivity contribution >= 4 is 17.8 Å². The van der Waals surface area contributed by atoms with E-state index in [1.54, 1.807) is 61.3 Å². The highest BCUT2D eigenvalue weighted by Gasteiger charge is 2.24. The van der Waals surface area contributed by atoms with Crippen molar-refractivity contribution in [2.75, 3.05) is 32.9 Å². The molecule has 218 valence electrons. The zero-order valence-electron chi connectivity index (χ0n) is 23.5. The van der Waals surface area contributed by atoms with Gasteiger partial charge < -0.3 is 28.3 Å². The Morgan fingerprint density at radius 1 is 0.930 bits per heavy atom. The number of furan rings is 1. The van der Waals surface area contributed by atoms with E-state index in [4.69, 9.17) is 28.3 Å². The van der Waals surface area contributed by atoms with Gasteiger partial charge in [-0.2, -0.15) is 0 Å². The molecule has 3 heterocycles. The number of rotatable bonds is 10. The zero-order chi connectivity index (χ0) is 29.8. The smallest absolute Gasteiger partial charge is 0.254 e. The Labute approximate surface area is 247 Å². The monoisotopic (exact) mass is 580 g/mol. The summed E-state index contributed by atoms with van der Waals surface area (Å²) in [6.07, 6.45) is 3.34. The van der Waals surface area contributed by atoms with Crippen LogP contribution in [0.2, 0.25) is 0 Å². The van der Waals surface area contributed by atoms with Crippen LogP contribution in [0.5, 0.6) is 23.0 Å². The summed E-state index contributed by atoms with van der Waals surface area (Å²) in [4.78, 5) is 33.3. The molecule has 11 nitrogen and oxygen atoms in total. The van der Waals surface area contributed by atoms with Gasteiger partial charge in [0, 0.05) is 23.4 Å². The maximum absolute atomic E-state index is 13.6. The van der Waals surface area contributed by atoms with E-state index in [-0.39, 0.29) is 31.7 Å². The lowest BCUT2D eigenvalue weighted by molar-refractivity contribution is -0.117. The average Bonchev–Trinajstić information content (AvgIpc) is 3.82. The van der Waals surface area contributed by atoms with Crippen LogP contribution < -0.4 is 24.3 Å². The van der Waals surface area contributed by atoms with Gasteiger partial charge in [0.05, 0.1) is 38.4 Å². The third kappa shape index (κ3) is 5.87. The van der Waals surface area contributed by atoms with Gasteiger partial charge in [0.25, 0.3) is 5.91 Å². The van der Waals surface area contributed by atoms with Gasteiger partial charge in [0.15, 0.2) is 23.0 Å². The van der Waals surface area contributed by atoms with Gasteiger partial charge in [-0.1, -0.05) is 30.3 Å². The molecule has 0 radical (unpaired) electrons. The fourth-order valence-electron chi connectivity index (χ4n) is 4.73. The summed E-state index contributed by atoms with van der Waals surface area (Å²) >= 11 is 0. The molecule has 5 aromatic rings. The lowest BCUT2D eigenvalue weighted by Gasteiger charge is -2.21. The van der Waals surface area contributed by atoms with Crippen molar-refractivity contribution in [1.82, 2.24) is 14.5 Å². The summed E-state index contributed by atoms with van der Waals surface area (Å²) in [5.74, 6) is 2.08. The Kier molecular flexibility index (Phi) is 7.68. The van der Waals surface area contributed by atoms with Crippen molar-refractivity contribution in [3.8, 4) is 39.9 Å². The Morgan fingerprint density at radius 2 is 1.74 bits per heavy atom. The van der Waals surface area contributed by atoms with Crippen LogP contribution in [0.15, 0.2) is 95.7 Å². The van der Waals surface area contributed by atoms with E-state index in [1.165, 1.54) is 11.2 Å². The van der Waals surface area contributed by atoms with Crippen LogP contribution in [0.25, 0.3) is 16.9 Å². The first-order chi connectivity index (χ1) is 21.0. The maximum Gasteiger partial charge on any atom is 0.254 e. The van der Waals surface area contributed by atoms with E-state index < -0.39 is 5.91 Å². The quantitative estimate of drug-likeness (QED) is 0.241.